The van der Waals surface area contributed by atoms with Gasteiger partial charge in [0.05, 0.1) is 16.3 Å². The van der Waals surface area contributed by atoms with Crippen molar-refractivity contribution in [3.63, 3.8) is 0 Å². The van der Waals surface area contributed by atoms with E-state index in [2.05, 4.69) is 29.0 Å². The zero-order chi connectivity index (χ0) is 13.2. The zero-order valence-electron chi connectivity index (χ0n) is 10.5. The Hall–Kier alpha value is -2.20. The van der Waals surface area contributed by atoms with Gasteiger partial charge in [0.2, 0.25) is 5.95 Å². The average Bonchev–Trinajstić information content (AvgIpc) is 2.92. The van der Waals surface area contributed by atoms with E-state index in [1.807, 2.05) is 35.7 Å². The lowest BCUT2D eigenvalue weighted by molar-refractivity contribution is 1.20. The van der Waals surface area contributed by atoms with Crippen molar-refractivity contribution in [1.82, 2.24) is 9.97 Å². The predicted molar refractivity (Wildman–Crippen MR) is 79.9 cm³/mol. The van der Waals surface area contributed by atoms with Crippen LogP contribution in [0.15, 0.2) is 47.8 Å². The standard InChI is InChI=1S/C15H13N3S/c1-10-4-2-5-11(8-10)12-9-13(18-15(16)17-12)14-6-3-7-19-14/h2-9H,1H3,(H2,16,17,18). The number of hydrogen-bond acceptors (Lipinski definition) is 4. The van der Waals surface area contributed by atoms with Gasteiger partial charge in [-0.15, -0.1) is 11.3 Å². The highest BCUT2D eigenvalue weighted by atomic mass is 32.1. The highest BCUT2D eigenvalue weighted by Gasteiger charge is 2.07. The van der Waals surface area contributed by atoms with Gasteiger partial charge in [-0.1, -0.05) is 29.8 Å². The van der Waals surface area contributed by atoms with Crippen LogP contribution in [0.4, 0.5) is 5.95 Å². The van der Waals surface area contributed by atoms with Gasteiger partial charge in [-0.25, -0.2) is 9.97 Å². The van der Waals surface area contributed by atoms with Crippen LogP contribution >= 0.6 is 11.3 Å². The van der Waals surface area contributed by atoms with Gasteiger partial charge in [-0.05, 0) is 30.5 Å². The summed E-state index contributed by atoms with van der Waals surface area (Å²) in [5.41, 5.74) is 9.82. The summed E-state index contributed by atoms with van der Waals surface area (Å²) in [4.78, 5) is 9.73. The Kier molecular flexibility index (Phi) is 3.01. The fraction of sp³-hybridized carbons (Fsp3) is 0.0667. The molecule has 0 aliphatic rings. The third-order valence-electron chi connectivity index (χ3n) is 2.83. The van der Waals surface area contributed by atoms with Crippen molar-refractivity contribution >= 4 is 17.3 Å². The topological polar surface area (TPSA) is 51.8 Å². The molecular weight excluding hydrogens is 254 g/mol. The normalized spacial score (nSPS) is 10.6. The molecule has 0 unspecified atom stereocenters. The van der Waals surface area contributed by atoms with E-state index < -0.39 is 0 Å². The van der Waals surface area contributed by atoms with Crippen LogP contribution in [0.2, 0.25) is 0 Å². The van der Waals surface area contributed by atoms with E-state index in [0.29, 0.717) is 5.95 Å². The van der Waals surface area contributed by atoms with E-state index in [1.54, 1.807) is 11.3 Å². The molecule has 3 rings (SSSR count). The van der Waals surface area contributed by atoms with Crippen LogP contribution in [-0.2, 0) is 0 Å². The number of anilines is 1. The summed E-state index contributed by atoms with van der Waals surface area (Å²) in [7, 11) is 0. The molecule has 0 bridgehead atoms. The molecule has 4 heteroatoms. The van der Waals surface area contributed by atoms with Gasteiger partial charge < -0.3 is 5.73 Å². The molecule has 0 spiro atoms. The Morgan fingerprint density at radius 2 is 1.84 bits per heavy atom. The van der Waals surface area contributed by atoms with Crippen LogP contribution in [0.1, 0.15) is 5.56 Å². The third-order valence-corrected chi connectivity index (χ3v) is 3.72. The number of aromatic nitrogens is 2. The first-order chi connectivity index (χ1) is 9.22. The molecule has 1 aromatic carbocycles. The van der Waals surface area contributed by atoms with Crippen LogP contribution in [0.25, 0.3) is 21.8 Å². The number of thiophene rings is 1. The Balaban J connectivity index is 2.12. The maximum absolute atomic E-state index is 5.82. The highest BCUT2D eigenvalue weighted by Crippen LogP contribution is 2.27. The number of nitrogens with two attached hydrogens (primary N) is 1. The number of hydrogen-bond donors (Lipinski definition) is 1. The average molecular weight is 267 g/mol. The molecule has 0 fully saturated rings. The van der Waals surface area contributed by atoms with Crippen LogP contribution in [0.5, 0.6) is 0 Å². The zero-order valence-corrected chi connectivity index (χ0v) is 11.3. The van der Waals surface area contributed by atoms with Crippen LogP contribution < -0.4 is 5.73 Å². The lowest BCUT2D eigenvalue weighted by Crippen LogP contribution is -1.98. The molecule has 94 valence electrons. The molecule has 3 aromatic rings. The number of benzene rings is 1. The quantitative estimate of drug-likeness (QED) is 0.769. The smallest absolute Gasteiger partial charge is 0.221 e. The Bertz CT molecular complexity index is 705. The van der Waals surface area contributed by atoms with Gasteiger partial charge in [-0.2, -0.15) is 0 Å². The van der Waals surface area contributed by atoms with Gasteiger partial charge in [0.15, 0.2) is 0 Å². The summed E-state index contributed by atoms with van der Waals surface area (Å²) < 4.78 is 0. The molecule has 3 nitrogen and oxygen atoms in total. The summed E-state index contributed by atoms with van der Waals surface area (Å²) in [5.74, 6) is 0.308. The molecule has 0 aliphatic carbocycles. The van der Waals surface area contributed by atoms with E-state index in [1.165, 1.54) is 5.56 Å². The van der Waals surface area contributed by atoms with Crippen molar-refractivity contribution in [1.29, 1.82) is 0 Å². The monoisotopic (exact) mass is 267 g/mol. The van der Waals surface area contributed by atoms with Crippen LogP contribution in [-0.4, -0.2) is 9.97 Å². The summed E-state index contributed by atoms with van der Waals surface area (Å²) in [6.45, 7) is 2.06. The molecule has 0 saturated carbocycles. The van der Waals surface area contributed by atoms with Crippen molar-refractivity contribution in [3.8, 4) is 21.8 Å². The minimum absolute atomic E-state index is 0.308. The van der Waals surface area contributed by atoms with Crippen LogP contribution in [0.3, 0.4) is 0 Å². The Morgan fingerprint density at radius 1 is 1.00 bits per heavy atom. The first kappa shape index (κ1) is 11.9. The molecule has 19 heavy (non-hydrogen) atoms. The molecule has 2 N–H and O–H groups in total. The van der Waals surface area contributed by atoms with Crippen molar-refractivity contribution in [2.75, 3.05) is 5.73 Å². The maximum atomic E-state index is 5.82. The fourth-order valence-corrected chi connectivity index (χ4v) is 2.65. The van der Waals surface area contributed by atoms with Crippen molar-refractivity contribution in [2.24, 2.45) is 0 Å². The molecule has 0 saturated heterocycles. The second-order valence-corrected chi connectivity index (χ2v) is 5.29. The van der Waals surface area contributed by atoms with Crippen molar-refractivity contribution in [2.45, 2.75) is 6.92 Å². The minimum atomic E-state index is 0.308. The Morgan fingerprint density at radius 3 is 2.58 bits per heavy atom. The van der Waals surface area contributed by atoms with Gasteiger partial charge in [0, 0.05) is 5.56 Å². The lowest BCUT2D eigenvalue weighted by Gasteiger charge is -2.05. The molecule has 0 amide bonds. The number of nitrogens with zero attached hydrogens (tertiary/aromatic N) is 2. The molecule has 2 aromatic heterocycles. The SMILES string of the molecule is Cc1cccc(-c2cc(-c3cccs3)nc(N)n2)c1. The molecule has 0 radical (unpaired) electrons. The second kappa shape index (κ2) is 4.82. The summed E-state index contributed by atoms with van der Waals surface area (Å²) in [5, 5.41) is 2.03. The van der Waals surface area contributed by atoms with E-state index >= 15 is 0 Å². The summed E-state index contributed by atoms with van der Waals surface area (Å²) >= 11 is 1.65. The van der Waals surface area contributed by atoms with Gasteiger partial charge in [-0.3, -0.25) is 0 Å². The molecule has 0 atom stereocenters. The number of aryl methyl sites for hydroxylation is 1. The van der Waals surface area contributed by atoms with Gasteiger partial charge in [0.25, 0.3) is 0 Å². The highest BCUT2D eigenvalue weighted by molar-refractivity contribution is 7.13. The van der Waals surface area contributed by atoms with E-state index in [4.69, 9.17) is 5.73 Å². The van der Waals surface area contributed by atoms with Gasteiger partial charge >= 0.3 is 0 Å². The third kappa shape index (κ3) is 2.48. The molecular formula is C15H13N3S. The molecule has 2 heterocycles. The van der Waals surface area contributed by atoms with Crippen LogP contribution in [0, 0.1) is 6.92 Å². The summed E-state index contributed by atoms with van der Waals surface area (Å²) in [6.07, 6.45) is 0. The molecule has 0 aliphatic heterocycles. The second-order valence-electron chi connectivity index (χ2n) is 4.34. The summed E-state index contributed by atoms with van der Waals surface area (Å²) in [6, 6.07) is 14.2. The van der Waals surface area contributed by atoms with Crippen molar-refractivity contribution < 1.29 is 0 Å². The lowest BCUT2D eigenvalue weighted by atomic mass is 10.1. The largest absolute Gasteiger partial charge is 0.368 e. The van der Waals surface area contributed by atoms with Crippen molar-refractivity contribution in [3.05, 3.63) is 53.4 Å². The maximum Gasteiger partial charge on any atom is 0.221 e. The van der Waals surface area contributed by atoms with E-state index in [-0.39, 0.29) is 0 Å². The number of rotatable bonds is 2. The fourth-order valence-electron chi connectivity index (χ4n) is 1.97. The predicted octanol–water partition coefficient (Wildman–Crippen LogP) is 3.76. The Labute approximate surface area is 115 Å². The number of nitrogen functional groups attached to an aromatic ring is 1. The first-order valence-corrected chi connectivity index (χ1v) is 6.86. The van der Waals surface area contributed by atoms with E-state index in [9.17, 15) is 0 Å². The minimum Gasteiger partial charge on any atom is -0.368 e. The van der Waals surface area contributed by atoms with E-state index in [0.717, 1.165) is 21.8 Å². The van der Waals surface area contributed by atoms with Gasteiger partial charge in [0.1, 0.15) is 0 Å². The first-order valence-electron chi connectivity index (χ1n) is 5.98.